The fourth-order valence-corrected chi connectivity index (χ4v) is 1.77. The molecule has 1 fully saturated rings. The number of rotatable bonds is 5. The van der Waals surface area contributed by atoms with Gasteiger partial charge in [0.25, 0.3) is 0 Å². The lowest BCUT2D eigenvalue weighted by molar-refractivity contribution is -0.137. The predicted molar refractivity (Wildman–Crippen MR) is 51.1 cm³/mol. The lowest BCUT2D eigenvalue weighted by Crippen LogP contribution is -2.44. The van der Waals surface area contributed by atoms with Gasteiger partial charge in [-0.25, -0.2) is 0 Å². The normalized spacial score (nSPS) is 23.2. The van der Waals surface area contributed by atoms with Crippen molar-refractivity contribution >= 4 is 0 Å². The van der Waals surface area contributed by atoms with Crippen LogP contribution >= 0.6 is 0 Å². The third-order valence-corrected chi connectivity index (χ3v) is 2.89. The summed E-state index contributed by atoms with van der Waals surface area (Å²) in [6, 6.07) is 0. The Morgan fingerprint density at radius 2 is 2.17 bits per heavy atom. The Bertz CT molecular complexity index is 132. The molecule has 0 amide bonds. The van der Waals surface area contributed by atoms with E-state index in [0.29, 0.717) is 6.10 Å². The van der Waals surface area contributed by atoms with Crippen molar-refractivity contribution in [2.45, 2.75) is 57.7 Å². The van der Waals surface area contributed by atoms with Crippen LogP contribution in [0.15, 0.2) is 0 Å². The molecule has 1 aliphatic rings. The van der Waals surface area contributed by atoms with Crippen molar-refractivity contribution in [3.8, 4) is 0 Å². The molecule has 0 saturated heterocycles. The molecule has 12 heavy (non-hydrogen) atoms. The van der Waals surface area contributed by atoms with E-state index in [0.717, 1.165) is 19.4 Å². The third-order valence-electron chi connectivity index (χ3n) is 2.89. The minimum absolute atomic E-state index is 0.171. The lowest BCUT2D eigenvalue weighted by Gasteiger charge is -2.43. The van der Waals surface area contributed by atoms with Crippen LogP contribution in [0.5, 0.6) is 0 Å². The molecule has 0 aliphatic heterocycles. The van der Waals surface area contributed by atoms with E-state index in [1.165, 1.54) is 19.3 Å². The highest BCUT2D eigenvalue weighted by Crippen LogP contribution is 2.39. The first-order valence-corrected chi connectivity index (χ1v) is 5.10. The monoisotopic (exact) mass is 171 g/mol. The second-order valence-electron chi connectivity index (χ2n) is 3.91. The van der Waals surface area contributed by atoms with Crippen LogP contribution in [0.25, 0.3) is 0 Å². The Morgan fingerprint density at radius 1 is 1.50 bits per heavy atom. The van der Waals surface area contributed by atoms with Crippen LogP contribution in [0, 0.1) is 0 Å². The van der Waals surface area contributed by atoms with Gasteiger partial charge in [0.2, 0.25) is 0 Å². The average Bonchev–Trinajstić information content (AvgIpc) is 2.00. The summed E-state index contributed by atoms with van der Waals surface area (Å²) >= 11 is 0. The molecule has 0 radical (unpaired) electrons. The third kappa shape index (κ3) is 2.20. The van der Waals surface area contributed by atoms with E-state index >= 15 is 0 Å². The maximum absolute atomic E-state index is 5.98. The smallest absolute Gasteiger partial charge is 0.0698 e. The Kier molecular flexibility index (Phi) is 3.53. The van der Waals surface area contributed by atoms with E-state index in [1.54, 1.807) is 0 Å². The van der Waals surface area contributed by atoms with Crippen LogP contribution in [0.3, 0.4) is 0 Å². The Labute approximate surface area is 75.5 Å². The summed E-state index contributed by atoms with van der Waals surface area (Å²) < 4.78 is 5.98. The largest absolute Gasteiger partial charge is 0.372 e. The zero-order valence-electron chi connectivity index (χ0n) is 8.31. The molecular weight excluding hydrogens is 150 g/mol. The molecule has 0 heterocycles. The zero-order chi connectivity index (χ0) is 9.03. The van der Waals surface area contributed by atoms with Gasteiger partial charge in [-0.3, -0.25) is 0 Å². The van der Waals surface area contributed by atoms with Crippen molar-refractivity contribution in [2.75, 3.05) is 6.54 Å². The number of nitrogens with two attached hydrogens (primary N) is 1. The molecular formula is C10H21NO. The SMILES string of the molecule is CCC(C)OC1(CCN)CCC1. The number of ether oxygens (including phenoxy) is 1. The molecule has 0 bridgehead atoms. The van der Waals surface area contributed by atoms with Crippen LogP contribution in [-0.2, 0) is 4.74 Å². The molecule has 0 aromatic carbocycles. The molecule has 2 heteroatoms. The molecule has 2 N–H and O–H groups in total. The highest BCUT2D eigenvalue weighted by Gasteiger charge is 2.38. The maximum atomic E-state index is 5.98. The molecule has 1 saturated carbocycles. The van der Waals surface area contributed by atoms with E-state index in [-0.39, 0.29) is 5.60 Å². The van der Waals surface area contributed by atoms with E-state index in [1.807, 2.05) is 0 Å². The quantitative estimate of drug-likeness (QED) is 0.687. The highest BCUT2D eigenvalue weighted by molar-refractivity contribution is 4.90. The second kappa shape index (κ2) is 4.24. The van der Waals surface area contributed by atoms with Crippen LogP contribution in [0.4, 0.5) is 0 Å². The van der Waals surface area contributed by atoms with Gasteiger partial charge in [-0.2, -0.15) is 0 Å². The van der Waals surface area contributed by atoms with Gasteiger partial charge < -0.3 is 10.5 Å². The van der Waals surface area contributed by atoms with E-state index in [9.17, 15) is 0 Å². The van der Waals surface area contributed by atoms with Crippen molar-refractivity contribution in [3.63, 3.8) is 0 Å². The van der Waals surface area contributed by atoms with Crippen LogP contribution in [-0.4, -0.2) is 18.2 Å². The fourth-order valence-electron chi connectivity index (χ4n) is 1.77. The number of hydrogen-bond donors (Lipinski definition) is 1. The Morgan fingerprint density at radius 3 is 2.50 bits per heavy atom. The molecule has 1 atom stereocenters. The summed E-state index contributed by atoms with van der Waals surface area (Å²) in [4.78, 5) is 0. The molecule has 1 aliphatic carbocycles. The molecule has 1 unspecified atom stereocenters. The van der Waals surface area contributed by atoms with Crippen molar-refractivity contribution < 1.29 is 4.74 Å². The minimum Gasteiger partial charge on any atom is -0.372 e. The topological polar surface area (TPSA) is 35.2 Å². The first-order chi connectivity index (χ1) is 5.72. The van der Waals surface area contributed by atoms with Gasteiger partial charge >= 0.3 is 0 Å². The van der Waals surface area contributed by atoms with E-state index < -0.39 is 0 Å². The first-order valence-electron chi connectivity index (χ1n) is 5.10. The lowest BCUT2D eigenvalue weighted by atomic mass is 9.77. The standard InChI is InChI=1S/C10H21NO/c1-3-9(2)12-10(7-8-11)5-4-6-10/h9H,3-8,11H2,1-2H3. The predicted octanol–water partition coefficient (Wildman–Crippen LogP) is 2.07. The Balaban J connectivity index is 2.33. The second-order valence-corrected chi connectivity index (χ2v) is 3.91. The molecule has 72 valence electrons. The van der Waals surface area contributed by atoms with Gasteiger partial charge in [-0.1, -0.05) is 6.92 Å². The van der Waals surface area contributed by atoms with Crippen molar-refractivity contribution in [1.29, 1.82) is 0 Å². The van der Waals surface area contributed by atoms with Crippen molar-refractivity contribution in [3.05, 3.63) is 0 Å². The van der Waals surface area contributed by atoms with Crippen molar-refractivity contribution in [1.82, 2.24) is 0 Å². The van der Waals surface area contributed by atoms with Crippen LogP contribution in [0.1, 0.15) is 46.0 Å². The maximum Gasteiger partial charge on any atom is 0.0698 e. The van der Waals surface area contributed by atoms with Gasteiger partial charge in [0.15, 0.2) is 0 Å². The van der Waals surface area contributed by atoms with Gasteiger partial charge in [0, 0.05) is 0 Å². The summed E-state index contributed by atoms with van der Waals surface area (Å²) in [6.07, 6.45) is 6.29. The minimum atomic E-state index is 0.171. The Hall–Kier alpha value is -0.0800. The van der Waals surface area contributed by atoms with E-state index in [2.05, 4.69) is 13.8 Å². The summed E-state index contributed by atoms with van der Waals surface area (Å²) in [6.45, 7) is 5.08. The average molecular weight is 171 g/mol. The first kappa shape index (κ1) is 10.0. The van der Waals surface area contributed by atoms with Gasteiger partial charge in [-0.15, -0.1) is 0 Å². The summed E-state index contributed by atoms with van der Waals surface area (Å²) in [5.74, 6) is 0. The zero-order valence-corrected chi connectivity index (χ0v) is 8.31. The van der Waals surface area contributed by atoms with Gasteiger partial charge in [-0.05, 0) is 45.6 Å². The molecule has 1 rings (SSSR count). The van der Waals surface area contributed by atoms with Crippen LogP contribution < -0.4 is 5.73 Å². The number of hydrogen-bond acceptors (Lipinski definition) is 2. The molecule has 0 spiro atoms. The summed E-state index contributed by atoms with van der Waals surface area (Å²) in [5.41, 5.74) is 5.73. The molecule has 0 aromatic rings. The summed E-state index contributed by atoms with van der Waals surface area (Å²) in [5, 5.41) is 0. The highest BCUT2D eigenvalue weighted by atomic mass is 16.5. The van der Waals surface area contributed by atoms with Gasteiger partial charge in [0.1, 0.15) is 0 Å². The summed E-state index contributed by atoms with van der Waals surface area (Å²) in [7, 11) is 0. The molecule has 0 aromatic heterocycles. The van der Waals surface area contributed by atoms with E-state index in [4.69, 9.17) is 10.5 Å². The van der Waals surface area contributed by atoms with Crippen molar-refractivity contribution in [2.24, 2.45) is 5.73 Å². The molecule has 2 nitrogen and oxygen atoms in total. The van der Waals surface area contributed by atoms with Crippen LogP contribution in [0.2, 0.25) is 0 Å². The van der Waals surface area contributed by atoms with Gasteiger partial charge in [0.05, 0.1) is 11.7 Å². The fraction of sp³-hybridized carbons (Fsp3) is 1.00.